The molecule has 2 nitrogen and oxygen atoms in total. The van der Waals surface area contributed by atoms with Gasteiger partial charge in [-0.1, -0.05) is 31.2 Å². The van der Waals surface area contributed by atoms with Crippen molar-refractivity contribution >= 4 is 0 Å². The van der Waals surface area contributed by atoms with Crippen molar-refractivity contribution < 1.29 is 5.11 Å². The van der Waals surface area contributed by atoms with Crippen molar-refractivity contribution in [1.29, 1.82) is 0 Å². The maximum atomic E-state index is 9.39. The van der Waals surface area contributed by atoms with E-state index in [0.717, 1.165) is 12.8 Å². The van der Waals surface area contributed by atoms with E-state index in [9.17, 15) is 5.11 Å². The lowest BCUT2D eigenvalue weighted by Crippen LogP contribution is -2.50. The number of benzene rings is 1. The van der Waals surface area contributed by atoms with Gasteiger partial charge in [0.2, 0.25) is 0 Å². The molecular weight excluding hydrogens is 210 g/mol. The van der Waals surface area contributed by atoms with Crippen molar-refractivity contribution in [3.8, 4) is 0 Å². The molecule has 1 aromatic carbocycles. The number of nitrogens with one attached hydrogen (secondary N) is 1. The molecule has 0 heterocycles. The largest absolute Gasteiger partial charge is 0.394 e. The Morgan fingerprint density at radius 3 is 2.53 bits per heavy atom. The minimum atomic E-state index is -0.165. The van der Waals surface area contributed by atoms with Crippen LogP contribution >= 0.6 is 0 Å². The van der Waals surface area contributed by atoms with E-state index in [1.807, 2.05) is 0 Å². The highest BCUT2D eigenvalue weighted by Crippen LogP contribution is 2.13. The van der Waals surface area contributed by atoms with Crippen LogP contribution in [-0.2, 0) is 6.42 Å². The number of aliphatic hydroxyl groups is 1. The first-order chi connectivity index (χ1) is 8.00. The van der Waals surface area contributed by atoms with Crippen LogP contribution in [0.3, 0.4) is 0 Å². The zero-order valence-electron chi connectivity index (χ0n) is 11.5. The highest BCUT2D eigenvalue weighted by molar-refractivity contribution is 5.26. The first-order valence-electron chi connectivity index (χ1n) is 6.44. The van der Waals surface area contributed by atoms with Crippen LogP contribution in [0.15, 0.2) is 24.3 Å². The van der Waals surface area contributed by atoms with E-state index >= 15 is 0 Å². The summed E-state index contributed by atoms with van der Waals surface area (Å²) < 4.78 is 0. The van der Waals surface area contributed by atoms with Crippen molar-refractivity contribution in [3.63, 3.8) is 0 Å². The first-order valence-corrected chi connectivity index (χ1v) is 6.44. The second-order valence-corrected chi connectivity index (χ2v) is 5.25. The van der Waals surface area contributed by atoms with E-state index in [4.69, 9.17) is 0 Å². The molecule has 0 radical (unpaired) electrons. The van der Waals surface area contributed by atoms with Gasteiger partial charge in [-0.3, -0.25) is 0 Å². The lowest BCUT2D eigenvalue weighted by Gasteiger charge is -2.31. The predicted molar refractivity (Wildman–Crippen MR) is 73.3 cm³/mol. The molecule has 1 aromatic rings. The van der Waals surface area contributed by atoms with Crippen LogP contribution < -0.4 is 5.32 Å². The van der Waals surface area contributed by atoms with Gasteiger partial charge in [0.25, 0.3) is 0 Å². The molecular formula is C15H25NO. The summed E-state index contributed by atoms with van der Waals surface area (Å²) in [7, 11) is 0. The summed E-state index contributed by atoms with van der Waals surface area (Å²) in [6.07, 6.45) is 1.93. The van der Waals surface area contributed by atoms with Gasteiger partial charge in [-0.15, -0.1) is 0 Å². The minimum Gasteiger partial charge on any atom is -0.394 e. The van der Waals surface area contributed by atoms with Crippen LogP contribution in [0.25, 0.3) is 0 Å². The summed E-state index contributed by atoms with van der Waals surface area (Å²) in [5, 5.41) is 12.9. The standard InChI is InChI=1S/C15H25NO/c1-5-15(4,11-17)16-13(3)10-14-9-7-6-8-12(14)2/h6-9,13,16-17H,5,10-11H2,1-4H3. The van der Waals surface area contributed by atoms with Crippen LogP contribution in [-0.4, -0.2) is 23.3 Å². The Labute approximate surface area is 105 Å². The van der Waals surface area contributed by atoms with Gasteiger partial charge in [0, 0.05) is 11.6 Å². The highest BCUT2D eigenvalue weighted by Gasteiger charge is 2.22. The molecule has 0 saturated heterocycles. The molecule has 0 aliphatic heterocycles. The number of aliphatic hydroxyl groups excluding tert-OH is 1. The van der Waals surface area contributed by atoms with Crippen LogP contribution in [0.5, 0.6) is 0 Å². The Bertz CT molecular complexity index is 345. The number of hydrogen-bond acceptors (Lipinski definition) is 2. The summed E-state index contributed by atoms with van der Waals surface area (Å²) in [4.78, 5) is 0. The SMILES string of the molecule is CCC(C)(CO)NC(C)Cc1ccccc1C. The fourth-order valence-corrected chi connectivity index (χ4v) is 2.07. The van der Waals surface area contributed by atoms with Crippen molar-refractivity contribution in [1.82, 2.24) is 5.32 Å². The van der Waals surface area contributed by atoms with Crippen molar-refractivity contribution in [2.24, 2.45) is 0 Å². The van der Waals surface area contributed by atoms with Gasteiger partial charge < -0.3 is 10.4 Å². The van der Waals surface area contributed by atoms with Crippen molar-refractivity contribution in [3.05, 3.63) is 35.4 Å². The third-order valence-corrected chi connectivity index (χ3v) is 3.51. The molecule has 0 bridgehead atoms. The molecule has 0 aromatic heterocycles. The average molecular weight is 235 g/mol. The molecule has 0 fully saturated rings. The quantitative estimate of drug-likeness (QED) is 0.794. The monoisotopic (exact) mass is 235 g/mol. The van der Waals surface area contributed by atoms with E-state index in [1.54, 1.807) is 0 Å². The first kappa shape index (κ1) is 14.2. The highest BCUT2D eigenvalue weighted by atomic mass is 16.3. The summed E-state index contributed by atoms with van der Waals surface area (Å²) >= 11 is 0. The zero-order chi connectivity index (χ0) is 12.9. The average Bonchev–Trinajstić information content (AvgIpc) is 2.32. The normalized spacial score (nSPS) is 16.5. The fourth-order valence-electron chi connectivity index (χ4n) is 2.07. The Morgan fingerprint density at radius 1 is 1.35 bits per heavy atom. The van der Waals surface area contributed by atoms with E-state index in [1.165, 1.54) is 11.1 Å². The number of hydrogen-bond donors (Lipinski definition) is 2. The third kappa shape index (κ3) is 4.14. The smallest absolute Gasteiger partial charge is 0.0610 e. The Balaban J connectivity index is 2.61. The van der Waals surface area contributed by atoms with Gasteiger partial charge in [-0.05, 0) is 44.7 Å². The molecule has 0 spiro atoms. The third-order valence-electron chi connectivity index (χ3n) is 3.51. The van der Waals surface area contributed by atoms with Gasteiger partial charge in [-0.25, -0.2) is 0 Å². The van der Waals surface area contributed by atoms with Gasteiger partial charge in [0.1, 0.15) is 0 Å². The molecule has 96 valence electrons. The maximum absolute atomic E-state index is 9.39. The molecule has 17 heavy (non-hydrogen) atoms. The van der Waals surface area contributed by atoms with E-state index in [0.29, 0.717) is 6.04 Å². The van der Waals surface area contributed by atoms with E-state index < -0.39 is 0 Å². The molecule has 2 heteroatoms. The lowest BCUT2D eigenvalue weighted by atomic mass is 9.96. The maximum Gasteiger partial charge on any atom is 0.0610 e. The summed E-state index contributed by atoms with van der Waals surface area (Å²) in [5.74, 6) is 0. The summed E-state index contributed by atoms with van der Waals surface area (Å²) in [6, 6.07) is 8.84. The predicted octanol–water partition coefficient (Wildman–Crippen LogP) is 2.68. The number of aryl methyl sites for hydroxylation is 1. The molecule has 2 unspecified atom stereocenters. The minimum absolute atomic E-state index is 0.165. The summed E-state index contributed by atoms with van der Waals surface area (Å²) in [5.41, 5.74) is 2.55. The van der Waals surface area contributed by atoms with E-state index in [2.05, 4.69) is 57.3 Å². The lowest BCUT2D eigenvalue weighted by molar-refractivity contribution is 0.159. The second-order valence-electron chi connectivity index (χ2n) is 5.25. The van der Waals surface area contributed by atoms with Gasteiger partial charge in [0.05, 0.1) is 6.61 Å². The van der Waals surface area contributed by atoms with Gasteiger partial charge in [0.15, 0.2) is 0 Å². The molecule has 0 aliphatic rings. The fraction of sp³-hybridized carbons (Fsp3) is 0.600. The Kier molecular flexibility index (Phi) is 5.16. The number of rotatable bonds is 6. The van der Waals surface area contributed by atoms with Crippen LogP contribution in [0, 0.1) is 6.92 Å². The van der Waals surface area contributed by atoms with Crippen LogP contribution in [0.4, 0.5) is 0 Å². The second kappa shape index (κ2) is 6.18. The molecule has 2 atom stereocenters. The van der Waals surface area contributed by atoms with Gasteiger partial charge in [-0.2, -0.15) is 0 Å². The summed E-state index contributed by atoms with van der Waals surface area (Å²) in [6.45, 7) is 8.68. The molecule has 0 amide bonds. The van der Waals surface area contributed by atoms with Crippen molar-refractivity contribution in [2.75, 3.05) is 6.61 Å². The Hall–Kier alpha value is -0.860. The molecule has 0 aliphatic carbocycles. The van der Waals surface area contributed by atoms with Crippen molar-refractivity contribution in [2.45, 2.75) is 52.1 Å². The Morgan fingerprint density at radius 2 is 2.00 bits per heavy atom. The van der Waals surface area contributed by atoms with Gasteiger partial charge >= 0.3 is 0 Å². The van der Waals surface area contributed by atoms with E-state index in [-0.39, 0.29) is 12.1 Å². The topological polar surface area (TPSA) is 32.3 Å². The zero-order valence-corrected chi connectivity index (χ0v) is 11.5. The molecule has 2 N–H and O–H groups in total. The molecule has 1 rings (SSSR count). The van der Waals surface area contributed by atoms with Crippen LogP contribution in [0.1, 0.15) is 38.3 Å². The molecule has 0 saturated carbocycles. The van der Waals surface area contributed by atoms with Crippen LogP contribution in [0.2, 0.25) is 0 Å².